The Morgan fingerprint density at radius 1 is 1.04 bits per heavy atom. The molecule has 0 N–H and O–H groups in total. The van der Waals surface area contributed by atoms with Crippen LogP contribution in [0, 0.1) is 0 Å². The molecule has 0 atom stereocenters. The molecule has 0 aliphatic carbocycles. The lowest BCUT2D eigenvalue weighted by atomic mass is 9.97. The molecule has 1 aromatic carbocycles. The van der Waals surface area contributed by atoms with Crippen LogP contribution in [0.15, 0.2) is 35.4 Å². The number of pyridine rings is 2. The number of aromatic nitrogens is 2. The molecule has 3 heterocycles. The minimum atomic E-state index is -0.0579. The molecule has 0 radical (unpaired) electrons. The van der Waals surface area contributed by atoms with E-state index in [9.17, 15) is 4.79 Å². The second kappa shape index (κ2) is 7.19. The first-order chi connectivity index (χ1) is 13.6. The summed E-state index contributed by atoms with van der Waals surface area (Å²) in [5.74, 6) is 2.49. The molecule has 3 aromatic rings. The molecule has 0 saturated carbocycles. The van der Waals surface area contributed by atoms with Gasteiger partial charge in [0.05, 0.1) is 19.6 Å². The number of methoxy groups -OCH3 is 2. The van der Waals surface area contributed by atoms with Gasteiger partial charge in [-0.1, -0.05) is 6.92 Å². The average molecular weight is 379 g/mol. The Kier molecular flexibility index (Phi) is 4.71. The van der Waals surface area contributed by atoms with Gasteiger partial charge in [0.15, 0.2) is 0 Å². The van der Waals surface area contributed by atoms with Crippen LogP contribution in [0.3, 0.4) is 0 Å². The van der Waals surface area contributed by atoms with Crippen LogP contribution < -0.4 is 19.9 Å². The van der Waals surface area contributed by atoms with Crippen LogP contribution in [0.1, 0.15) is 18.9 Å². The Morgan fingerprint density at radius 2 is 1.79 bits per heavy atom. The second-order valence-electron chi connectivity index (χ2n) is 7.11. The molecule has 0 unspecified atom stereocenters. The molecule has 2 aromatic heterocycles. The van der Waals surface area contributed by atoms with Crippen molar-refractivity contribution in [1.82, 2.24) is 9.55 Å². The van der Waals surface area contributed by atoms with Crippen LogP contribution >= 0.6 is 0 Å². The molecule has 4 rings (SSSR count). The topological polar surface area (TPSA) is 56.6 Å². The third-order valence-corrected chi connectivity index (χ3v) is 5.51. The van der Waals surface area contributed by atoms with E-state index in [2.05, 4.69) is 16.8 Å². The van der Waals surface area contributed by atoms with Crippen molar-refractivity contribution in [1.29, 1.82) is 0 Å². The molecule has 1 aliphatic heterocycles. The van der Waals surface area contributed by atoms with Gasteiger partial charge in [0, 0.05) is 49.0 Å². The molecule has 0 amide bonds. The molecule has 146 valence electrons. The highest BCUT2D eigenvalue weighted by molar-refractivity contribution is 5.98. The minimum Gasteiger partial charge on any atom is -0.496 e. The quantitative estimate of drug-likeness (QED) is 0.680. The van der Waals surface area contributed by atoms with Crippen molar-refractivity contribution in [3.63, 3.8) is 0 Å². The predicted octanol–water partition coefficient (Wildman–Crippen LogP) is 3.39. The maximum absolute atomic E-state index is 12.7. The van der Waals surface area contributed by atoms with Crippen molar-refractivity contribution in [2.75, 3.05) is 32.2 Å². The number of ether oxygens (including phenoxy) is 2. The van der Waals surface area contributed by atoms with Crippen LogP contribution in [0.4, 0.5) is 5.82 Å². The zero-order chi connectivity index (χ0) is 19.8. The van der Waals surface area contributed by atoms with Crippen molar-refractivity contribution in [3.05, 3.63) is 46.5 Å². The van der Waals surface area contributed by atoms with Gasteiger partial charge in [0.1, 0.15) is 17.3 Å². The van der Waals surface area contributed by atoms with Crippen LogP contribution in [0.2, 0.25) is 0 Å². The molecular weight excluding hydrogens is 354 g/mol. The Hall–Kier alpha value is -3.02. The van der Waals surface area contributed by atoms with E-state index in [1.165, 1.54) is 6.42 Å². The van der Waals surface area contributed by atoms with E-state index in [1.807, 2.05) is 24.4 Å². The van der Waals surface area contributed by atoms with Crippen LogP contribution in [0.25, 0.3) is 21.9 Å². The summed E-state index contributed by atoms with van der Waals surface area (Å²) < 4.78 is 12.9. The van der Waals surface area contributed by atoms with Gasteiger partial charge in [0.25, 0.3) is 5.56 Å². The lowest BCUT2D eigenvalue weighted by Gasteiger charge is -2.32. The van der Waals surface area contributed by atoms with E-state index in [4.69, 9.17) is 9.47 Å². The van der Waals surface area contributed by atoms with Crippen LogP contribution in [-0.2, 0) is 13.5 Å². The molecule has 1 saturated heterocycles. The smallest absolute Gasteiger partial charge is 0.259 e. The fourth-order valence-electron chi connectivity index (χ4n) is 3.73. The van der Waals surface area contributed by atoms with Gasteiger partial charge in [-0.05, 0) is 36.6 Å². The van der Waals surface area contributed by atoms with Crippen LogP contribution in [-0.4, -0.2) is 36.9 Å². The lowest BCUT2D eigenvalue weighted by Crippen LogP contribution is -2.37. The van der Waals surface area contributed by atoms with Crippen molar-refractivity contribution in [3.8, 4) is 22.6 Å². The van der Waals surface area contributed by atoms with Gasteiger partial charge in [-0.3, -0.25) is 4.79 Å². The van der Waals surface area contributed by atoms with Gasteiger partial charge in [-0.25, -0.2) is 4.98 Å². The van der Waals surface area contributed by atoms with E-state index in [0.29, 0.717) is 5.39 Å². The molecule has 1 aliphatic rings. The number of rotatable bonds is 5. The SMILES string of the molecule is CCc1cc(OC)c(-c2cn(C)c(=O)c3cnc(N4CCC4)cc23)cc1OC. The maximum atomic E-state index is 12.7. The molecule has 0 bridgehead atoms. The Labute approximate surface area is 164 Å². The third-order valence-electron chi connectivity index (χ3n) is 5.51. The number of anilines is 1. The highest BCUT2D eigenvalue weighted by Gasteiger charge is 2.20. The van der Waals surface area contributed by atoms with Gasteiger partial charge in [-0.2, -0.15) is 0 Å². The Bertz CT molecular complexity index is 1100. The first kappa shape index (κ1) is 18.3. The first-order valence-corrected chi connectivity index (χ1v) is 9.57. The monoisotopic (exact) mass is 379 g/mol. The van der Waals surface area contributed by atoms with E-state index in [1.54, 1.807) is 32.0 Å². The van der Waals surface area contributed by atoms with Crippen LogP contribution in [0.5, 0.6) is 11.5 Å². The van der Waals surface area contributed by atoms with Gasteiger partial charge in [0.2, 0.25) is 0 Å². The number of aryl methyl sites for hydroxylation is 2. The molecule has 28 heavy (non-hydrogen) atoms. The molecule has 1 fully saturated rings. The normalized spacial score (nSPS) is 13.5. The minimum absolute atomic E-state index is 0.0579. The number of fused-ring (bicyclic) bond motifs is 1. The van der Waals surface area contributed by atoms with E-state index in [-0.39, 0.29) is 5.56 Å². The standard InChI is InChI=1S/C22H25N3O3/c1-5-14-9-20(28-4)16(10-19(14)27-3)18-13-24(2)22(26)17-12-23-21(11-15(17)18)25-7-6-8-25/h9-13H,5-8H2,1-4H3. The molecular formula is C22H25N3O3. The zero-order valence-corrected chi connectivity index (χ0v) is 16.8. The zero-order valence-electron chi connectivity index (χ0n) is 16.8. The summed E-state index contributed by atoms with van der Waals surface area (Å²) >= 11 is 0. The molecule has 6 heteroatoms. The number of hydrogen-bond acceptors (Lipinski definition) is 5. The van der Waals surface area contributed by atoms with E-state index < -0.39 is 0 Å². The summed E-state index contributed by atoms with van der Waals surface area (Å²) in [6, 6.07) is 6.04. The van der Waals surface area contributed by atoms with Crippen molar-refractivity contribution >= 4 is 16.6 Å². The summed E-state index contributed by atoms with van der Waals surface area (Å²) in [5.41, 5.74) is 2.86. The predicted molar refractivity (Wildman–Crippen MR) is 112 cm³/mol. The summed E-state index contributed by atoms with van der Waals surface area (Å²) in [6.45, 7) is 4.09. The number of nitrogens with zero attached hydrogens (tertiary/aromatic N) is 3. The van der Waals surface area contributed by atoms with Gasteiger partial charge < -0.3 is 18.9 Å². The fourth-order valence-corrected chi connectivity index (χ4v) is 3.73. The summed E-state index contributed by atoms with van der Waals surface area (Å²) in [4.78, 5) is 19.5. The summed E-state index contributed by atoms with van der Waals surface area (Å²) in [6.07, 6.45) is 5.58. The van der Waals surface area contributed by atoms with Crippen molar-refractivity contribution in [2.45, 2.75) is 19.8 Å². The van der Waals surface area contributed by atoms with E-state index in [0.717, 1.165) is 58.9 Å². The highest BCUT2D eigenvalue weighted by atomic mass is 16.5. The highest BCUT2D eigenvalue weighted by Crippen LogP contribution is 2.39. The molecule has 6 nitrogen and oxygen atoms in total. The fraction of sp³-hybridized carbons (Fsp3) is 0.364. The van der Waals surface area contributed by atoms with Crippen molar-refractivity contribution in [2.24, 2.45) is 7.05 Å². The first-order valence-electron chi connectivity index (χ1n) is 9.57. The summed E-state index contributed by atoms with van der Waals surface area (Å²) in [5, 5.41) is 1.48. The summed E-state index contributed by atoms with van der Waals surface area (Å²) in [7, 11) is 5.11. The van der Waals surface area contributed by atoms with E-state index >= 15 is 0 Å². The Balaban J connectivity index is 2.02. The Morgan fingerprint density at radius 3 is 2.39 bits per heavy atom. The van der Waals surface area contributed by atoms with Gasteiger partial charge >= 0.3 is 0 Å². The lowest BCUT2D eigenvalue weighted by molar-refractivity contribution is 0.400. The maximum Gasteiger partial charge on any atom is 0.259 e. The third kappa shape index (κ3) is 2.89. The largest absolute Gasteiger partial charge is 0.496 e. The molecule has 0 spiro atoms. The number of hydrogen-bond donors (Lipinski definition) is 0. The van der Waals surface area contributed by atoms with Gasteiger partial charge in [-0.15, -0.1) is 0 Å². The number of benzene rings is 1. The second-order valence-corrected chi connectivity index (χ2v) is 7.11. The average Bonchev–Trinajstić information content (AvgIpc) is 2.68. The van der Waals surface area contributed by atoms with Crippen molar-refractivity contribution < 1.29 is 9.47 Å².